The van der Waals surface area contributed by atoms with Crippen molar-refractivity contribution in [2.24, 2.45) is 0 Å². The molecule has 0 aromatic heterocycles. The maximum Gasteiger partial charge on any atom is 0.334 e. The Morgan fingerprint density at radius 3 is 2.29 bits per heavy atom. The smallest absolute Gasteiger partial charge is 0.323 e. The highest BCUT2D eigenvalue weighted by molar-refractivity contribution is 6.45. The monoisotopic (exact) mass is 351 g/mol. The Bertz CT molecular complexity index is 722. The summed E-state index contributed by atoms with van der Waals surface area (Å²) >= 11 is 6.12. The molecular formula is C16H18ClN3O4. The molecule has 24 heavy (non-hydrogen) atoms. The Labute approximate surface area is 144 Å². The van der Waals surface area contributed by atoms with Gasteiger partial charge >= 0.3 is 17.8 Å². The number of halogens is 1. The van der Waals surface area contributed by atoms with Gasteiger partial charge in [0.1, 0.15) is 6.54 Å². The van der Waals surface area contributed by atoms with E-state index in [1.807, 2.05) is 13.0 Å². The van der Waals surface area contributed by atoms with Crippen molar-refractivity contribution in [3.63, 3.8) is 0 Å². The number of rotatable bonds is 4. The highest BCUT2D eigenvalue weighted by Gasteiger charge is 2.46. The molecule has 1 saturated heterocycles. The minimum Gasteiger partial charge on any atom is -0.323 e. The van der Waals surface area contributed by atoms with Crippen molar-refractivity contribution in [3.05, 3.63) is 28.3 Å². The molecule has 1 N–H and O–H groups in total. The van der Waals surface area contributed by atoms with Crippen LogP contribution in [0, 0.1) is 13.8 Å². The highest BCUT2D eigenvalue weighted by atomic mass is 35.5. The molecule has 1 aliphatic rings. The van der Waals surface area contributed by atoms with E-state index < -0.39 is 36.3 Å². The van der Waals surface area contributed by atoms with Crippen molar-refractivity contribution in [3.8, 4) is 0 Å². The average molecular weight is 352 g/mol. The van der Waals surface area contributed by atoms with E-state index in [0.717, 1.165) is 16.0 Å². The molecule has 5 amide bonds. The predicted molar refractivity (Wildman–Crippen MR) is 88.6 cm³/mol. The largest absolute Gasteiger partial charge is 0.334 e. The van der Waals surface area contributed by atoms with Crippen LogP contribution in [0.2, 0.25) is 5.02 Å². The molecule has 1 heterocycles. The summed E-state index contributed by atoms with van der Waals surface area (Å²) in [4.78, 5) is 49.5. The zero-order valence-corrected chi connectivity index (χ0v) is 14.6. The minimum absolute atomic E-state index is 0.361. The first-order valence-corrected chi connectivity index (χ1v) is 7.77. The first-order chi connectivity index (χ1) is 11.1. The number of carbonyl (C=O) groups excluding carboxylic acids is 4. The Morgan fingerprint density at radius 2 is 1.79 bits per heavy atom. The Hall–Kier alpha value is -2.41. The third kappa shape index (κ3) is 3.26. The number of carbonyl (C=O) groups is 4. The molecule has 0 spiro atoms. The second kappa shape index (κ2) is 6.60. The topological polar surface area (TPSA) is 86.8 Å². The van der Waals surface area contributed by atoms with Crippen molar-refractivity contribution < 1.29 is 19.2 Å². The van der Waals surface area contributed by atoms with Crippen LogP contribution in [0.15, 0.2) is 12.1 Å². The van der Waals surface area contributed by atoms with Gasteiger partial charge in [0.15, 0.2) is 0 Å². The lowest BCUT2D eigenvalue weighted by atomic mass is 10.1. The van der Waals surface area contributed by atoms with Crippen LogP contribution in [0.3, 0.4) is 0 Å². The molecule has 8 heteroatoms. The van der Waals surface area contributed by atoms with Crippen LogP contribution in [-0.4, -0.2) is 46.1 Å². The third-order valence-corrected chi connectivity index (χ3v) is 3.90. The van der Waals surface area contributed by atoms with Crippen molar-refractivity contribution in [1.29, 1.82) is 0 Å². The first-order valence-electron chi connectivity index (χ1n) is 7.39. The summed E-state index contributed by atoms with van der Waals surface area (Å²) in [5, 5.41) is 2.95. The van der Waals surface area contributed by atoms with Crippen LogP contribution in [0.4, 0.5) is 10.5 Å². The van der Waals surface area contributed by atoms with Gasteiger partial charge in [-0.05, 0) is 44.9 Å². The van der Waals surface area contributed by atoms with Gasteiger partial charge in [-0.15, -0.1) is 0 Å². The summed E-state index contributed by atoms with van der Waals surface area (Å²) in [6.07, 6.45) is 0. The summed E-state index contributed by atoms with van der Waals surface area (Å²) in [6.45, 7) is 6.34. The van der Waals surface area contributed by atoms with Gasteiger partial charge in [0.2, 0.25) is 5.91 Å². The van der Waals surface area contributed by atoms with E-state index in [1.165, 1.54) is 0 Å². The SMILES string of the molecule is Cc1cc(C)c(NC(=O)CN2C(=O)C(=O)N(C(C)C)C2=O)c(Cl)c1. The van der Waals surface area contributed by atoms with Crippen LogP contribution in [0.1, 0.15) is 25.0 Å². The molecule has 0 unspecified atom stereocenters. The molecular weight excluding hydrogens is 334 g/mol. The van der Waals surface area contributed by atoms with Gasteiger partial charge in [-0.1, -0.05) is 17.7 Å². The number of hydrogen-bond acceptors (Lipinski definition) is 4. The van der Waals surface area contributed by atoms with Gasteiger partial charge in [-0.3, -0.25) is 19.3 Å². The molecule has 0 aliphatic carbocycles. The molecule has 1 fully saturated rings. The normalized spacial score (nSPS) is 14.8. The van der Waals surface area contributed by atoms with E-state index in [-0.39, 0.29) is 0 Å². The average Bonchev–Trinajstić information content (AvgIpc) is 2.66. The Kier molecular flexibility index (Phi) is 4.94. The summed E-state index contributed by atoms with van der Waals surface area (Å²) in [7, 11) is 0. The molecule has 1 aromatic carbocycles. The molecule has 1 aliphatic heterocycles. The van der Waals surface area contributed by atoms with Crippen molar-refractivity contribution >= 4 is 41.0 Å². The zero-order chi connectivity index (χ0) is 18.2. The lowest BCUT2D eigenvalue weighted by molar-refractivity contribution is -0.144. The van der Waals surface area contributed by atoms with Gasteiger partial charge in [0, 0.05) is 6.04 Å². The third-order valence-electron chi connectivity index (χ3n) is 3.60. The van der Waals surface area contributed by atoms with Crippen LogP contribution in [0.5, 0.6) is 0 Å². The van der Waals surface area contributed by atoms with E-state index in [0.29, 0.717) is 15.6 Å². The van der Waals surface area contributed by atoms with Crippen LogP contribution in [-0.2, 0) is 14.4 Å². The lowest BCUT2D eigenvalue weighted by Crippen LogP contribution is -2.40. The Morgan fingerprint density at radius 1 is 1.17 bits per heavy atom. The minimum atomic E-state index is -1.00. The quantitative estimate of drug-likeness (QED) is 0.664. The molecule has 1 aromatic rings. The van der Waals surface area contributed by atoms with E-state index in [1.54, 1.807) is 26.8 Å². The van der Waals surface area contributed by atoms with Crippen molar-refractivity contribution in [2.45, 2.75) is 33.7 Å². The second-order valence-electron chi connectivity index (χ2n) is 5.93. The standard InChI is InChI=1S/C16H18ClN3O4/c1-8(2)20-15(23)14(22)19(16(20)24)7-12(21)18-13-10(4)5-9(3)6-11(13)17/h5-6,8H,7H2,1-4H3,(H,18,21). The lowest BCUT2D eigenvalue weighted by Gasteiger charge is -2.18. The van der Waals surface area contributed by atoms with Gasteiger partial charge in [0.25, 0.3) is 0 Å². The molecule has 2 rings (SSSR count). The molecule has 128 valence electrons. The molecule has 0 atom stereocenters. The van der Waals surface area contributed by atoms with E-state index in [4.69, 9.17) is 11.6 Å². The van der Waals surface area contributed by atoms with E-state index in [9.17, 15) is 19.2 Å². The van der Waals surface area contributed by atoms with Gasteiger partial charge < -0.3 is 5.32 Å². The summed E-state index contributed by atoms with van der Waals surface area (Å²) < 4.78 is 0. The van der Waals surface area contributed by atoms with Gasteiger partial charge in [-0.2, -0.15) is 0 Å². The van der Waals surface area contributed by atoms with Crippen molar-refractivity contribution in [2.75, 3.05) is 11.9 Å². The van der Waals surface area contributed by atoms with Gasteiger partial charge in [-0.25, -0.2) is 9.69 Å². The van der Waals surface area contributed by atoms with Gasteiger partial charge in [0.05, 0.1) is 10.7 Å². The number of nitrogens with one attached hydrogen (secondary N) is 1. The van der Waals surface area contributed by atoms with Crippen LogP contribution >= 0.6 is 11.6 Å². The number of amides is 5. The number of anilines is 1. The predicted octanol–water partition coefficient (Wildman–Crippen LogP) is 2.09. The number of benzene rings is 1. The zero-order valence-electron chi connectivity index (χ0n) is 13.8. The molecule has 0 bridgehead atoms. The second-order valence-corrected chi connectivity index (χ2v) is 6.34. The summed E-state index contributed by atoms with van der Waals surface area (Å²) in [5.41, 5.74) is 2.12. The maximum absolute atomic E-state index is 12.2. The highest BCUT2D eigenvalue weighted by Crippen LogP contribution is 2.27. The van der Waals surface area contributed by atoms with Crippen molar-refractivity contribution in [1.82, 2.24) is 9.80 Å². The number of aryl methyl sites for hydroxylation is 2. The number of nitrogens with zero attached hydrogens (tertiary/aromatic N) is 2. The molecule has 0 radical (unpaired) electrons. The summed E-state index contributed by atoms with van der Waals surface area (Å²) in [6, 6.07) is 2.29. The number of urea groups is 1. The fraction of sp³-hybridized carbons (Fsp3) is 0.375. The molecule has 7 nitrogen and oxygen atoms in total. The number of hydrogen-bond donors (Lipinski definition) is 1. The number of imide groups is 2. The van der Waals surface area contributed by atoms with Crippen LogP contribution in [0.25, 0.3) is 0 Å². The maximum atomic E-state index is 12.2. The summed E-state index contributed by atoms with van der Waals surface area (Å²) in [5.74, 6) is -2.54. The van der Waals surface area contributed by atoms with Crippen LogP contribution < -0.4 is 5.32 Å². The molecule has 0 saturated carbocycles. The van der Waals surface area contributed by atoms with E-state index >= 15 is 0 Å². The first kappa shape index (κ1) is 17.9. The van der Waals surface area contributed by atoms with E-state index in [2.05, 4.69) is 5.32 Å². The fourth-order valence-electron chi connectivity index (χ4n) is 2.51. The Balaban J connectivity index is 2.15. The fourth-order valence-corrected chi connectivity index (χ4v) is 2.88.